The predicted octanol–water partition coefficient (Wildman–Crippen LogP) is 4.09. The molecular weight excluding hydrogens is 343 g/mol. The molecule has 0 aliphatic rings. The molecule has 0 amide bonds. The van der Waals surface area contributed by atoms with Crippen molar-refractivity contribution in [3.05, 3.63) is 89.4 Å². The van der Waals surface area contributed by atoms with Crippen LogP contribution in [0.2, 0.25) is 0 Å². The first-order valence-corrected chi connectivity index (χ1v) is 9.18. The van der Waals surface area contributed by atoms with Gasteiger partial charge in [0.05, 0.1) is 0 Å². The number of hydrogen-bond acceptors (Lipinski definition) is 1. The quantitative estimate of drug-likeness (QED) is 0.646. The molecular formula is C18H14BrOP. The number of halogens is 1. The second-order valence-electron chi connectivity index (χ2n) is 4.76. The van der Waals surface area contributed by atoms with E-state index in [1.807, 2.05) is 84.9 Å². The van der Waals surface area contributed by atoms with Crippen molar-refractivity contribution in [2.24, 2.45) is 0 Å². The second-order valence-corrected chi connectivity index (χ2v) is 8.44. The molecule has 0 saturated carbocycles. The minimum atomic E-state index is -2.83. The van der Waals surface area contributed by atoms with Crippen LogP contribution in [0, 0.1) is 0 Å². The van der Waals surface area contributed by atoms with Crippen LogP contribution in [0.15, 0.2) is 89.4 Å². The van der Waals surface area contributed by atoms with E-state index in [0.717, 1.165) is 20.4 Å². The first-order chi connectivity index (χ1) is 10.2. The van der Waals surface area contributed by atoms with Crippen molar-refractivity contribution in [2.45, 2.75) is 0 Å². The highest BCUT2D eigenvalue weighted by molar-refractivity contribution is 9.10. The summed E-state index contributed by atoms with van der Waals surface area (Å²) in [5, 5.41) is 2.55. The highest BCUT2D eigenvalue weighted by Crippen LogP contribution is 2.42. The fraction of sp³-hybridized carbons (Fsp3) is 0. The van der Waals surface area contributed by atoms with Crippen LogP contribution in [-0.2, 0) is 4.57 Å². The lowest BCUT2D eigenvalue weighted by molar-refractivity contribution is 0.592. The lowest BCUT2D eigenvalue weighted by Gasteiger charge is -2.20. The van der Waals surface area contributed by atoms with E-state index >= 15 is 0 Å². The number of benzene rings is 3. The first kappa shape index (κ1) is 14.3. The molecule has 3 rings (SSSR count). The molecule has 0 heterocycles. The Morgan fingerprint density at radius 2 is 1.10 bits per heavy atom. The van der Waals surface area contributed by atoms with Gasteiger partial charge in [0.2, 0.25) is 0 Å². The molecule has 0 radical (unpaired) electrons. The smallest absolute Gasteiger partial charge is 0.171 e. The second kappa shape index (κ2) is 6.01. The van der Waals surface area contributed by atoms with Gasteiger partial charge in [-0.25, -0.2) is 0 Å². The van der Waals surface area contributed by atoms with Crippen LogP contribution in [-0.4, -0.2) is 0 Å². The zero-order chi connectivity index (χ0) is 14.7. The van der Waals surface area contributed by atoms with Crippen molar-refractivity contribution in [1.82, 2.24) is 0 Å². The van der Waals surface area contributed by atoms with Crippen LogP contribution < -0.4 is 15.9 Å². The van der Waals surface area contributed by atoms with Crippen LogP contribution >= 0.6 is 23.1 Å². The molecule has 0 fully saturated rings. The maximum atomic E-state index is 13.9. The molecule has 0 bridgehead atoms. The monoisotopic (exact) mass is 356 g/mol. The molecule has 0 aromatic heterocycles. The van der Waals surface area contributed by atoms with E-state index in [9.17, 15) is 4.57 Å². The third-order valence-corrected chi connectivity index (χ3v) is 6.96. The Balaban J connectivity index is 2.29. The van der Waals surface area contributed by atoms with Crippen molar-refractivity contribution >= 4 is 39.0 Å². The molecule has 1 nitrogen and oxygen atoms in total. The van der Waals surface area contributed by atoms with E-state index in [1.165, 1.54) is 0 Å². The van der Waals surface area contributed by atoms with E-state index in [-0.39, 0.29) is 0 Å². The molecule has 0 aliphatic heterocycles. The Morgan fingerprint density at radius 1 is 0.619 bits per heavy atom. The van der Waals surface area contributed by atoms with E-state index < -0.39 is 7.14 Å². The molecule has 3 heteroatoms. The summed E-state index contributed by atoms with van der Waals surface area (Å²) in [5.74, 6) is 0. The molecule has 21 heavy (non-hydrogen) atoms. The fourth-order valence-electron chi connectivity index (χ4n) is 2.40. The summed E-state index contributed by atoms with van der Waals surface area (Å²) in [7, 11) is -2.83. The largest absolute Gasteiger partial charge is 0.309 e. The Morgan fingerprint density at radius 3 is 1.57 bits per heavy atom. The van der Waals surface area contributed by atoms with Crippen LogP contribution in [0.5, 0.6) is 0 Å². The average molecular weight is 357 g/mol. The Bertz CT molecular complexity index is 741. The van der Waals surface area contributed by atoms with Crippen LogP contribution in [0.3, 0.4) is 0 Å². The van der Waals surface area contributed by atoms with Crippen molar-refractivity contribution < 1.29 is 4.57 Å². The predicted molar refractivity (Wildman–Crippen MR) is 93.5 cm³/mol. The average Bonchev–Trinajstić information content (AvgIpc) is 2.56. The van der Waals surface area contributed by atoms with E-state index in [4.69, 9.17) is 0 Å². The normalized spacial score (nSPS) is 11.3. The molecule has 0 spiro atoms. The summed E-state index contributed by atoms with van der Waals surface area (Å²) in [6.07, 6.45) is 0. The van der Waals surface area contributed by atoms with Crippen molar-refractivity contribution in [1.29, 1.82) is 0 Å². The summed E-state index contributed by atoms with van der Waals surface area (Å²) in [6.45, 7) is 0. The van der Waals surface area contributed by atoms with Gasteiger partial charge in [0.25, 0.3) is 0 Å². The SMILES string of the molecule is O=P(c1ccccc1)(c1ccccc1)c1cccc(Br)c1. The summed E-state index contributed by atoms with van der Waals surface area (Å²) >= 11 is 3.48. The third kappa shape index (κ3) is 2.74. The molecule has 104 valence electrons. The van der Waals surface area contributed by atoms with Crippen LogP contribution in [0.25, 0.3) is 0 Å². The summed E-state index contributed by atoms with van der Waals surface area (Å²) in [5.41, 5.74) is 0. The van der Waals surface area contributed by atoms with Crippen LogP contribution in [0.4, 0.5) is 0 Å². The Hall–Kier alpha value is -1.63. The zero-order valence-electron chi connectivity index (χ0n) is 11.3. The molecule has 0 saturated heterocycles. The summed E-state index contributed by atoms with van der Waals surface area (Å²) in [6, 6.07) is 27.1. The molecule has 3 aromatic rings. The van der Waals surface area contributed by atoms with Gasteiger partial charge in [-0.05, 0) is 12.1 Å². The first-order valence-electron chi connectivity index (χ1n) is 6.69. The maximum Gasteiger partial charge on any atom is 0.171 e. The number of hydrogen-bond donors (Lipinski definition) is 0. The van der Waals surface area contributed by atoms with Crippen molar-refractivity contribution in [3.8, 4) is 0 Å². The molecule has 0 N–H and O–H groups in total. The van der Waals surface area contributed by atoms with Crippen LogP contribution in [0.1, 0.15) is 0 Å². The lowest BCUT2D eigenvalue weighted by atomic mass is 10.4. The fourth-order valence-corrected chi connectivity index (χ4v) is 5.67. The van der Waals surface area contributed by atoms with Gasteiger partial charge in [-0.15, -0.1) is 0 Å². The van der Waals surface area contributed by atoms with Crippen molar-refractivity contribution in [3.63, 3.8) is 0 Å². The molecule has 0 atom stereocenters. The van der Waals surface area contributed by atoms with Gasteiger partial charge in [-0.2, -0.15) is 0 Å². The topological polar surface area (TPSA) is 17.1 Å². The van der Waals surface area contributed by atoms with Gasteiger partial charge >= 0.3 is 0 Å². The number of rotatable bonds is 3. The van der Waals surface area contributed by atoms with Gasteiger partial charge in [0.15, 0.2) is 7.14 Å². The van der Waals surface area contributed by atoms with E-state index in [1.54, 1.807) is 0 Å². The highest BCUT2D eigenvalue weighted by atomic mass is 79.9. The Kier molecular flexibility index (Phi) is 4.10. The van der Waals surface area contributed by atoms with Gasteiger partial charge in [-0.1, -0.05) is 88.7 Å². The van der Waals surface area contributed by atoms with Gasteiger partial charge in [-0.3, -0.25) is 0 Å². The third-order valence-electron chi connectivity index (χ3n) is 3.41. The van der Waals surface area contributed by atoms with Crippen molar-refractivity contribution in [2.75, 3.05) is 0 Å². The highest BCUT2D eigenvalue weighted by Gasteiger charge is 2.29. The molecule has 3 aromatic carbocycles. The zero-order valence-corrected chi connectivity index (χ0v) is 13.8. The minimum absolute atomic E-state index is 0.842. The van der Waals surface area contributed by atoms with Gasteiger partial charge in [0.1, 0.15) is 0 Å². The summed E-state index contributed by atoms with van der Waals surface area (Å²) in [4.78, 5) is 0. The standard InChI is InChI=1S/C18H14BrOP/c19-15-8-7-13-18(14-15)21(20,16-9-3-1-4-10-16)17-11-5-2-6-12-17/h1-14H. The van der Waals surface area contributed by atoms with Gasteiger partial charge in [0, 0.05) is 20.4 Å². The minimum Gasteiger partial charge on any atom is -0.309 e. The van der Waals surface area contributed by atoms with E-state index in [0.29, 0.717) is 0 Å². The molecule has 0 unspecified atom stereocenters. The Labute approximate surface area is 133 Å². The lowest BCUT2D eigenvalue weighted by Crippen LogP contribution is -2.24. The molecule has 0 aliphatic carbocycles. The maximum absolute atomic E-state index is 13.9. The van der Waals surface area contributed by atoms with E-state index in [2.05, 4.69) is 15.9 Å². The van der Waals surface area contributed by atoms with Gasteiger partial charge < -0.3 is 4.57 Å². The summed E-state index contributed by atoms with van der Waals surface area (Å²) < 4.78 is 14.9.